The van der Waals surface area contributed by atoms with Crippen LogP contribution in [0, 0.1) is 0 Å². The van der Waals surface area contributed by atoms with Gasteiger partial charge in [0.2, 0.25) is 0 Å². The number of likely N-dealkylation sites (N-methyl/N-ethyl adjacent to an activating group) is 1. The third-order valence-electron chi connectivity index (χ3n) is 10.6. The molecule has 2 unspecified atom stereocenters. The maximum atomic E-state index is 12.7. The number of esters is 2. The number of hydrogen-bond donors (Lipinski definition) is 0. The summed E-state index contributed by atoms with van der Waals surface area (Å²) in [5.74, 6) is -0.859. The smallest absolute Gasteiger partial charge is 0.306 e. The standard InChI is InChI=1S/C56H96NO8P/c1-6-8-10-12-14-16-18-19-20-21-22-23-24-25-26-27-28-29-30-31-32-33-34-35-36-37-39-41-43-45-47-49-56(59)65-54(53-64-66(60,61)63-51-50-57(3,4)5)52-62-55(58)48-46-44-42-40-38-17-15-13-11-9-7-2/h8,10,13-16,19-20,22-23,25-26,28-29,31-32,54H,6-7,9,11-12,17-18,21,24,27,30,33-53H2,1-5H3/b10-8-,15-13-,16-14-,20-19-,23-22-,26-25-,29-28-,32-31-. The maximum absolute atomic E-state index is 12.7. The van der Waals surface area contributed by atoms with E-state index in [0.717, 1.165) is 109 Å². The minimum absolute atomic E-state index is 0.0379. The fourth-order valence-corrected chi connectivity index (χ4v) is 7.28. The maximum Gasteiger partial charge on any atom is 0.306 e. The molecule has 0 aromatic carbocycles. The van der Waals surface area contributed by atoms with E-state index in [2.05, 4.69) is 111 Å². The molecule has 0 bridgehead atoms. The molecule has 10 heteroatoms. The van der Waals surface area contributed by atoms with E-state index in [1.54, 1.807) is 0 Å². The van der Waals surface area contributed by atoms with Gasteiger partial charge >= 0.3 is 11.9 Å². The van der Waals surface area contributed by atoms with Gasteiger partial charge in [0.25, 0.3) is 7.82 Å². The summed E-state index contributed by atoms with van der Waals surface area (Å²) in [5.41, 5.74) is 0. The molecule has 0 aliphatic carbocycles. The minimum atomic E-state index is -4.64. The van der Waals surface area contributed by atoms with Gasteiger partial charge in [0.05, 0.1) is 27.7 Å². The number of phosphoric ester groups is 1. The van der Waals surface area contributed by atoms with Gasteiger partial charge in [0.1, 0.15) is 19.8 Å². The van der Waals surface area contributed by atoms with Crippen molar-refractivity contribution in [1.82, 2.24) is 0 Å². The Hall–Kier alpha value is -3.07. The summed E-state index contributed by atoms with van der Waals surface area (Å²) >= 11 is 0. The van der Waals surface area contributed by atoms with Crippen LogP contribution in [0.5, 0.6) is 0 Å². The number of rotatable bonds is 46. The van der Waals surface area contributed by atoms with Crippen LogP contribution in [0.25, 0.3) is 0 Å². The van der Waals surface area contributed by atoms with Crippen LogP contribution in [-0.4, -0.2) is 70.0 Å². The molecular weight excluding hydrogens is 846 g/mol. The molecule has 2 atom stereocenters. The van der Waals surface area contributed by atoms with Crippen molar-refractivity contribution in [2.45, 2.75) is 200 Å². The quantitative estimate of drug-likeness (QED) is 0.0195. The van der Waals surface area contributed by atoms with Crippen LogP contribution in [-0.2, 0) is 32.7 Å². The van der Waals surface area contributed by atoms with Crippen molar-refractivity contribution in [3.8, 4) is 0 Å². The van der Waals surface area contributed by atoms with Crippen LogP contribution in [0.15, 0.2) is 97.2 Å². The first kappa shape index (κ1) is 62.9. The van der Waals surface area contributed by atoms with Gasteiger partial charge < -0.3 is 27.9 Å². The molecule has 0 fully saturated rings. The first-order valence-electron chi connectivity index (χ1n) is 25.9. The van der Waals surface area contributed by atoms with E-state index in [1.807, 2.05) is 21.1 Å². The van der Waals surface area contributed by atoms with Crippen LogP contribution >= 0.6 is 7.82 Å². The van der Waals surface area contributed by atoms with Crippen molar-refractivity contribution < 1.29 is 42.1 Å². The second-order valence-corrected chi connectivity index (χ2v) is 19.6. The highest BCUT2D eigenvalue weighted by atomic mass is 31.2. The SMILES string of the molecule is CC/C=C\C/C=C\C/C=C\C/C=C\C/C=C\C/C=C\C/C=C\CCCCCCCCCCCC(=O)OC(COC(=O)CCCCCCC/C=C\CCCC)COP(=O)([O-])OCC[N+](C)(C)C. The van der Waals surface area contributed by atoms with Gasteiger partial charge in [-0.2, -0.15) is 0 Å². The number of carbonyl (C=O) groups excluding carboxylic acids is 2. The average molecular weight is 942 g/mol. The molecule has 0 amide bonds. The average Bonchev–Trinajstić information content (AvgIpc) is 3.27. The van der Waals surface area contributed by atoms with Crippen LogP contribution in [0.4, 0.5) is 0 Å². The Balaban J connectivity index is 4.17. The second kappa shape index (κ2) is 47.0. The Kier molecular flexibility index (Phi) is 44.8. The van der Waals surface area contributed by atoms with Gasteiger partial charge in [-0.3, -0.25) is 14.2 Å². The lowest BCUT2D eigenvalue weighted by atomic mass is 10.1. The third-order valence-corrected chi connectivity index (χ3v) is 11.6. The number of unbranched alkanes of at least 4 members (excludes halogenated alkanes) is 16. The van der Waals surface area contributed by atoms with E-state index in [4.69, 9.17) is 18.5 Å². The molecule has 9 nitrogen and oxygen atoms in total. The van der Waals surface area contributed by atoms with Crippen molar-refractivity contribution in [2.24, 2.45) is 0 Å². The summed E-state index contributed by atoms with van der Waals surface area (Å²) in [6.45, 7) is 4.04. The van der Waals surface area contributed by atoms with E-state index < -0.39 is 32.5 Å². The largest absolute Gasteiger partial charge is 0.756 e. The van der Waals surface area contributed by atoms with E-state index in [-0.39, 0.29) is 26.1 Å². The first-order valence-corrected chi connectivity index (χ1v) is 27.4. The van der Waals surface area contributed by atoms with Crippen LogP contribution < -0.4 is 4.89 Å². The van der Waals surface area contributed by atoms with E-state index in [9.17, 15) is 19.0 Å². The molecule has 0 N–H and O–H groups in total. The number of carbonyl (C=O) groups is 2. The zero-order valence-electron chi connectivity index (χ0n) is 42.6. The molecule has 0 aliphatic heterocycles. The van der Waals surface area contributed by atoms with E-state index >= 15 is 0 Å². The first-order chi connectivity index (χ1) is 32.0. The van der Waals surface area contributed by atoms with Crippen molar-refractivity contribution in [1.29, 1.82) is 0 Å². The number of allylic oxidation sites excluding steroid dienone is 16. The zero-order valence-corrected chi connectivity index (χ0v) is 43.5. The van der Waals surface area contributed by atoms with Gasteiger partial charge in [0.15, 0.2) is 6.10 Å². The van der Waals surface area contributed by atoms with E-state index in [0.29, 0.717) is 23.9 Å². The molecule has 0 saturated heterocycles. The summed E-state index contributed by atoms with van der Waals surface area (Å²) in [6.07, 6.45) is 63.1. The normalized spacial score (nSPS) is 14.2. The number of hydrogen-bond acceptors (Lipinski definition) is 8. The summed E-state index contributed by atoms with van der Waals surface area (Å²) < 4.78 is 34.0. The molecule has 0 radical (unpaired) electrons. The predicted molar refractivity (Wildman–Crippen MR) is 277 cm³/mol. The fraction of sp³-hybridized carbons (Fsp3) is 0.679. The predicted octanol–water partition coefficient (Wildman–Crippen LogP) is 15.1. The number of quaternary nitrogens is 1. The second-order valence-electron chi connectivity index (χ2n) is 18.1. The summed E-state index contributed by atoms with van der Waals surface area (Å²) in [4.78, 5) is 37.6. The number of ether oxygens (including phenoxy) is 2. The molecule has 66 heavy (non-hydrogen) atoms. The highest BCUT2D eigenvalue weighted by molar-refractivity contribution is 7.45. The molecule has 0 saturated carbocycles. The lowest BCUT2D eigenvalue weighted by molar-refractivity contribution is -0.870. The number of phosphoric acid groups is 1. The molecule has 0 aromatic rings. The minimum Gasteiger partial charge on any atom is -0.756 e. The molecule has 0 aliphatic rings. The van der Waals surface area contributed by atoms with Gasteiger partial charge in [-0.1, -0.05) is 188 Å². The summed E-state index contributed by atoms with van der Waals surface area (Å²) in [7, 11) is 1.14. The highest BCUT2D eigenvalue weighted by Crippen LogP contribution is 2.38. The fourth-order valence-electron chi connectivity index (χ4n) is 6.56. The van der Waals surface area contributed by atoms with Gasteiger partial charge in [0, 0.05) is 12.8 Å². The summed E-state index contributed by atoms with van der Waals surface area (Å²) in [6, 6.07) is 0. The van der Waals surface area contributed by atoms with Crippen molar-refractivity contribution in [3.63, 3.8) is 0 Å². The van der Waals surface area contributed by atoms with Crippen LogP contribution in [0.3, 0.4) is 0 Å². The third kappa shape index (κ3) is 50.3. The van der Waals surface area contributed by atoms with Crippen molar-refractivity contribution in [2.75, 3.05) is 47.5 Å². The zero-order chi connectivity index (χ0) is 48.5. The topological polar surface area (TPSA) is 111 Å². The molecule has 378 valence electrons. The Morgan fingerprint density at radius 3 is 1.30 bits per heavy atom. The molecule has 0 aromatic heterocycles. The van der Waals surface area contributed by atoms with Crippen molar-refractivity contribution in [3.05, 3.63) is 97.2 Å². The lowest BCUT2D eigenvalue weighted by Gasteiger charge is -2.28. The van der Waals surface area contributed by atoms with Crippen LogP contribution in [0.2, 0.25) is 0 Å². The Bertz CT molecular complexity index is 1440. The van der Waals surface area contributed by atoms with Gasteiger partial charge in [-0.15, -0.1) is 0 Å². The van der Waals surface area contributed by atoms with Gasteiger partial charge in [-0.05, 0) is 89.9 Å². The summed E-state index contributed by atoms with van der Waals surface area (Å²) in [5, 5.41) is 0. The van der Waals surface area contributed by atoms with Gasteiger partial charge in [-0.25, -0.2) is 0 Å². The molecule has 0 rings (SSSR count). The Morgan fingerprint density at radius 1 is 0.485 bits per heavy atom. The molecular formula is C56H96NO8P. The van der Waals surface area contributed by atoms with E-state index in [1.165, 1.54) is 44.9 Å². The van der Waals surface area contributed by atoms with Crippen LogP contribution in [0.1, 0.15) is 194 Å². The Morgan fingerprint density at radius 2 is 0.864 bits per heavy atom. The Labute approximate surface area is 404 Å². The molecule has 0 heterocycles. The van der Waals surface area contributed by atoms with Crippen molar-refractivity contribution >= 4 is 19.8 Å². The highest BCUT2D eigenvalue weighted by Gasteiger charge is 2.21. The lowest BCUT2D eigenvalue weighted by Crippen LogP contribution is -2.37. The number of nitrogens with zero attached hydrogens (tertiary/aromatic N) is 1. The monoisotopic (exact) mass is 942 g/mol. The molecule has 0 spiro atoms.